The van der Waals surface area contributed by atoms with Crippen LogP contribution in [0.1, 0.15) is 43.0 Å². The highest BCUT2D eigenvalue weighted by atomic mass is 35.5. The zero-order chi connectivity index (χ0) is 23.8. The number of azo groups is 1. The number of amides is 2. The maximum absolute atomic E-state index is 12.2. The molecule has 0 unspecified atom stereocenters. The first-order valence-electron chi connectivity index (χ1n) is 10.8. The van der Waals surface area contributed by atoms with E-state index in [2.05, 4.69) is 22.5 Å². The minimum Gasteiger partial charge on any atom is -0.497 e. The molecule has 0 bridgehead atoms. The van der Waals surface area contributed by atoms with E-state index in [-0.39, 0.29) is 30.4 Å². The van der Waals surface area contributed by atoms with Gasteiger partial charge in [0.15, 0.2) is 5.69 Å². The van der Waals surface area contributed by atoms with Crippen molar-refractivity contribution >= 4 is 40.0 Å². The largest absolute Gasteiger partial charge is 0.497 e. The number of halogens is 1. The van der Waals surface area contributed by atoms with Gasteiger partial charge in [-0.3, -0.25) is 9.59 Å². The van der Waals surface area contributed by atoms with E-state index in [1.807, 2.05) is 12.1 Å². The molecule has 3 aromatic rings. The monoisotopic (exact) mass is 470 g/mol. The third-order valence-corrected chi connectivity index (χ3v) is 5.54. The highest BCUT2D eigenvalue weighted by molar-refractivity contribution is 6.33. The lowest BCUT2D eigenvalue weighted by Crippen LogP contribution is -2.25. The molecule has 1 aromatic heterocycles. The molecule has 174 valence electrons. The minimum atomic E-state index is -0.524. The predicted octanol–water partition coefficient (Wildman–Crippen LogP) is 5.63. The summed E-state index contributed by atoms with van der Waals surface area (Å²) >= 11 is 6.01. The zero-order valence-electron chi connectivity index (χ0n) is 18.7. The minimum absolute atomic E-state index is 0.0427. The average molecular weight is 471 g/mol. The van der Waals surface area contributed by atoms with Crippen LogP contribution in [0.3, 0.4) is 0 Å². The van der Waals surface area contributed by atoms with Gasteiger partial charge in [0.2, 0.25) is 5.88 Å². The molecule has 0 atom stereocenters. The number of hydrogen-bond acceptors (Lipinski definition) is 5. The van der Waals surface area contributed by atoms with Crippen molar-refractivity contribution in [2.24, 2.45) is 10.2 Å². The molecule has 0 spiro atoms. The number of aryl methyl sites for hydroxylation is 1. The topological polar surface area (TPSA) is 105 Å². The molecule has 2 amide bonds. The fourth-order valence-electron chi connectivity index (χ4n) is 3.45. The molecule has 3 rings (SSSR count). The number of carbonyl (C=O) groups excluding carboxylic acids is 2. The highest BCUT2D eigenvalue weighted by Crippen LogP contribution is 2.40. The van der Waals surface area contributed by atoms with Crippen molar-refractivity contribution in [3.05, 3.63) is 53.1 Å². The molecule has 0 saturated carbocycles. The summed E-state index contributed by atoms with van der Waals surface area (Å²) < 4.78 is 7.06. The van der Waals surface area contributed by atoms with Gasteiger partial charge in [0.1, 0.15) is 5.75 Å². The summed E-state index contributed by atoms with van der Waals surface area (Å²) in [5.74, 6) is -0.329. The third kappa shape index (κ3) is 5.90. The van der Waals surface area contributed by atoms with Gasteiger partial charge >= 0.3 is 0 Å². The Bertz CT molecular complexity index is 1170. The van der Waals surface area contributed by atoms with E-state index in [0.717, 1.165) is 24.8 Å². The number of unbranched alkanes of at least 4 members (excludes halogenated alkanes) is 2. The van der Waals surface area contributed by atoms with Gasteiger partial charge in [-0.25, -0.2) is 0 Å². The summed E-state index contributed by atoms with van der Waals surface area (Å²) in [5, 5.41) is 22.2. The number of hydrogen-bond donors (Lipinski definition) is 2. The number of carbonyl (C=O) groups is 2. The summed E-state index contributed by atoms with van der Waals surface area (Å²) in [5.41, 5.74) is 1.34. The number of methoxy groups -OCH3 is 1. The fourth-order valence-corrected chi connectivity index (χ4v) is 3.68. The Balaban J connectivity index is 1.71. The second kappa shape index (κ2) is 11.5. The zero-order valence-corrected chi connectivity index (χ0v) is 19.4. The van der Waals surface area contributed by atoms with Gasteiger partial charge in [0, 0.05) is 24.9 Å². The molecule has 2 N–H and O–H groups in total. The van der Waals surface area contributed by atoms with Crippen molar-refractivity contribution in [2.45, 2.75) is 39.2 Å². The lowest BCUT2D eigenvalue weighted by Gasteiger charge is -2.06. The summed E-state index contributed by atoms with van der Waals surface area (Å²) in [6.45, 7) is 2.82. The Morgan fingerprint density at radius 1 is 1.18 bits per heavy atom. The lowest BCUT2D eigenvalue weighted by atomic mass is 10.2. The van der Waals surface area contributed by atoms with E-state index < -0.39 is 5.91 Å². The van der Waals surface area contributed by atoms with Gasteiger partial charge in [0.05, 0.1) is 23.2 Å². The van der Waals surface area contributed by atoms with Gasteiger partial charge in [-0.1, -0.05) is 43.5 Å². The number of aromatic nitrogens is 1. The Morgan fingerprint density at radius 2 is 1.97 bits per heavy atom. The normalized spacial score (nSPS) is 11.2. The molecule has 0 fully saturated rings. The molecule has 8 nitrogen and oxygen atoms in total. The predicted molar refractivity (Wildman–Crippen MR) is 128 cm³/mol. The van der Waals surface area contributed by atoms with Gasteiger partial charge in [-0.2, -0.15) is 0 Å². The van der Waals surface area contributed by atoms with E-state index >= 15 is 0 Å². The Hall–Kier alpha value is -3.39. The number of nitrogens with zero attached hydrogens (tertiary/aromatic N) is 3. The second-order valence-corrected chi connectivity index (χ2v) is 7.90. The van der Waals surface area contributed by atoms with Crippen molar-refractivity contribution in [1.29, 1.82) is 0 Å². The van der Waals surface area contributed by atoms with Gasteiger partial charge in [-0.15, -0.1) is 10.2 Å². The molecule has 2 aromatic carbocycles. The maximum atomic E-state index is 12.2. The van der Waals surface area contributed by atoms with Crippen LogP contribution in [-0.2, 0) is 11.3 Å². The number of benzene rings is 2. The fraction of sp³-hybridized carbons (Fsp3) is 0.333. The van der Waals surface area contributed by atoms with Crippen molar-refractivity contribution in [1.82, 2.24) is 9.88 Å². The first-order chi connectivity index (χ1) is 16.0. The highest BCUT2D eigenvalue weighted by Gasteiger charge is 2.18. The summed E-state index contributed by atoms with van der Waals surface area (Å²) in [6.07, 6.45) is 2.95. The summed E-state index contributed by atoms with van der Waals surface area (Å²) in [6, 6.07) is 12.1. The number of aromatic hydroxyl groups is 1. The molecular formula is C24H27ClN4O4. The van der Waals surface area contributed by atoms with Crippen molar-refractivity contribution in [3.63, 3.8) is 0 Å². The molecule has 9 heteroatoms. The molecule has 1 heterocycles. The van der Waals surface area contributed by atoms with Crippen molar-refractivity contribution in [2.75, 3.05) is 13.7 Å². The molecule has 0 saturated heterocycles. The van der Waals surface area contributed by atoms with E-state index in [4.69, 9.17) is 16.3 Å². The van der Waals surface area contributed by atoms with Crippen LogP contribution in [0, 0.1) is 0 Å². The van der Waals surface area contributed by atoms with Gasteiger partial charge < -0.3 is 19.7 Å². The second-order valence-electron chi connectivity index (χ2n) is 7.49. The Kier molecular flexibility index (Phi) is 8.43. The van der Waals surface area contributed by atoms with E-state index in [1.165, 1.54) is 0 Å². The van der Waals surface area contributed by atoms with Gasteiger partial charge in [0.25, 0.3) is 11.8 Å². The Morgan fingerprint density at radius 3 is 2.70 bits per heavy atom. The quantitative estimate of drug-likeness (QED) is 0.296. The average Bonchev–Trinajstić information content (AvgIpc) is 3.08. The van der Waals surface area contributed by atoms with Gasteiger partial charge in [-0.05, 0) is 36.8 Å². The van der Waals surface area contributed by atoms with Crippen LogP contribution in [0.4, 0.5) is 5.69 Å². The molecule has 0 aliphatic carbocycles. The smallest absolute Gasteiger partial charge is 0.266 e. The molecule has 0 aliphatic rings. The first-order valence-corrected chi connectivity index (χ1v) is 11.2. The Labute approximate surface area is 197 Å². The number of ether oxygens (including phenoxy) is 1. The first kappa shape index (κ1) is 24.3. The van der Waals surface area contributed by atoms with E-state index in [9.17, 15) is 14.7 Å². The molecule has 0 radical (unpaired) electrons. The summed E-state index contributed by atoms with van der Waals surface area (Å²) in [4.78, 5) is 24.4. The van der Waals surface area contributed by atoms with Crippen LogP contribution >= 0.6 is 11.6 Å². The summed E-state index contributed by atoms with van der Waals surface area (Å²) in [7, 11) is 1.56. The van der Waals surface area contributed by atoms with Crippen LogP contribution in [-0.4, -0.2) is 35.1 Å². The number of rotatable bonds is 10. The maximum Gasteiger partial charge on any atom is 0.266 e. The van der Waals surface area contributed by atoms with Crippen LogP contribution in [0.15, 0.2) is 52.7 Å². The number of fused-ring (bicyclic) bond motifs is 1. The van der Waals surface area contributed by atoms with Crippen LogP contribution in [0.25, 0.3) is 10.9 Å². The van der Waals surface area contributed by atoms with Crippen molar-refractivity contribution < 1.29 is 19.4 Å². The molecular weight excluding hydrogens is 444 g/mol. The van der Waals surface area contributed by atoms with Crippen LogP contribution < -0.4 is 10.1 Å². The SMILES string of the molecule is CCCCCn1c(O)c(N=NC(=O)CCNC(=O)c2ccccc2Cl)c2cc(OC)ccc21. The standard InChI is InChI=1S/C24H27ClN4O4/c1-3-4-7-14-29-20-11-10-16(33-2)15-18(20)22(24(29)32)28-27-21(30)12-13-26-23(31)17-8-5-6-9-19(17)25/h5-6,8-11,15,32H,3-4,7,12-14H2,1-2H3,(H,26,31). The van der Waals surface area contributed by atoms with Crippen LogP contribution in [0.2, 0.25) is 5.02 Å². The van der Waals surface area contributed by atoms with Crippen LogP contribution in [0.5, 0.6) is 11.6 Å². The van der Waals surface area contributed by atoms with E-state index in [1.54, 1.807) is 42.0 Å². The third-order valence-electron chi connectivity index (χ3n) is 5.21. The molecule has 33 heavy (non-hydrogen) atoms. The van der Waals surface area contributed by atoms with E-state index in [0.29, 0.717) is 28.3 Å². The van der Waals surface area contributed by atoms with Crippen molar-refractivity contribution in [3.8, 4) is 11.6 Å². The lowest BCUT2D eigenvalue weighted by molar-refractivity contribution is -0.118. The molecule has 0 aliphatic heterocycles. The number of nitrogens with one attached hydrogen (secondary N) is 1.